The predicted octanol–water partition coefficient (Wildman–Crippen LogP) is 1.21. The SMILES string of the molecule is CCOC(=O)Cc1csc(NC(=O)Cn2nc([N+](=O)[O-])c([N+](=O)[O-])c2C)n1. The van der Waals surface area contributed by atoms with Crippen LogP contribution in [0.15, 0.2) is 5.38 Å². The van der Waals surface area contributed by atoms with E-state index in [-0.39, 0.29) is 23.9 Å². The van der Waals surface area contributed by atoms with Crippen LogP contribution in [0.5, 0.6) is 0 Å². The molecule has 0 aliphatic carbocycles. The molecule has 0 saturated carbocycles. The van der Waals surface area contributed by atoms with Crippen molar-refractivity contribution in [3.63, 3.8) is 0 Å². The van der Waals surface area contributed by atoms with Gasteiger partial charge in [0.05, 0.1) is 28.7 Å². The molecule has 0 fully saturated rings. The summed E-state index contributed by atoms with van der Waals surface area (Å²) in [6, 6.07) is 0. The number of carbonyl (C=O) groups is 2. The molecular formula is C13H14N6O7S. The average Bonchev–Trinajstić information content (AvgIpc) is 3.12. The lowest BCUT2D eigenvalue weighted by molar-refractivity contribution is -0.424. The molecule has 0 bridgehead atoms. The summed E-state index contributed by atoms with van der Waals surface area (Å²) in [4.78, 5) is 47.5. The third-order valence-electron chi connectivity index (χ3n) is 3.23. The molecule has 2 aromatic heterocycles. The quantitative estimate of drug-likeness (QED) is 0.389. The first-order chi connectivity index (χ1) is 12.7. The van der Waals surface area contributed by atoms with Crippen LogP contribution < -0.4 is 5.32 Å². The molecule has 0 aromatic carbocycles. The Balaban J connectivity index is 2.07. The van der Waals surface area contributed by atoms with E-state index in [9.17, 15) is 29.8 Å². The van der Waals surface area contributed by atoms with Crippen LogP contribution in [0.2, 0.25) is 0 Å². The maximum atomic E-state index is 12.1. The lowest BCUT2D eigenvalue weighted by Crippen LogP contribution is -2.20. The van der Waals surface area contributed by atoms with Gasteiger partial charge in [0.25, 0.3) is 0 Å². The molecule has 27 heavy (non-hydrogen) atoms. The van der Waals surface area contributed by atoms with E-state index in [0.717, 1.165) is 16.0 Å². The second-order valence-electron chi connectivity index (χ2n) is 5.10. The Bertz CT molecular complexity index is 905. The molecule has 1 amide bonds. The van der Waals surface area contributed by atoms with Gasteiger partial charge in [0.15, 0.2) is 5.13 Å². The number of aromatic nitrogens is 3. The molecule has 0 aliphatic heterocycles. The lowest BCUT2D eigenvalue weighted by atomic mass is 10.3. The maximum Gasteiger partial charge on any atom is 0.468 e. The predicted molar refractivity (Wildman–Crippen MR) is 91.4 cm³/mol. The Morgan fingerprint density at radius 3 is 2.59 bits per heavy atom. The minimum absolute atomic E-state index is 0.0448. The van der Waals surface area contributed by atoms with Gasteiger partial charge in [-0.25, -0.2) is 4.98 Å². The zero-order valence-electron chi connectivity index (χ0n) is 14.2. The Kier molecular flexibility index (Phi) is 6.12. The molecular weight excluding hydrogens is 384 g/mol. The monoisotopic (exact) mass is 398 g/mol. The number of nitrogens with zero attached hydrogens (tertiary/aromatic N) is 5. The van der Waals surface area contributed by atoms with Crippen LogP contribution in [0.3, 0.4) is 0 Å². The van der Waals surface area contributed by atoms with Crippen molar-refractivity contribution in [3.05, 3.63) is 37.0 Å². The van der Waals surface area contributed by atoms with E-state index in [2.05, 4.69) is 15.4 Å². The minimum atomic E-state index is -0.984. The largest absolute Gasteiger partial charge is 0.468 e. The van der Waals surface area contributed by atoms with Crippen molar-refractivity contribution in [1.82, 2.24) is 14.8 Å². The summed E-state index contributed by atoms with van der Waals surface area (Å²) in [6.45, 7) is 2.70. The Morgan fingerprint density at radius 1 is 1.33 bits per heavy atom. The van der Waals surface area contributed by atoms with Gasteiger partial charge in [-0.1, -0.05) is 0 Å². The molecule has 1 N–H and O–H groups in total. The van der Waals surface area contributed by atoms with Crippen LogP contribution in [0.25, 0.3) is 0 Å². The van der Waals surface area contributed by atoms with Gasteiger partial charge < -0.3 is 20.2 Å². The van der Waals surface area contributed by atoms with Crippen molar-refractivity contribution in [2.24, 2.45) is 0 Å². The van der Waals surface area contributed by atoms with Crippen LogP contribution >= 0.6 is 11.3 Å². The lowest BCUT2D eigenvalue weighted by Gasteiger charge is -2.01. The molecule has 0 atom stereocenters. The molecule has 0 unspecified atom stereocenters. The van der Waals surface area contributed by atoms with E-state index < -0.39 is 39.8 Å². The molecule has 0 radical (unpaired) electrons. The van der Waals surface area contributed by atoms with Crippen molar-refractivity contribution >= 4 is 39.9 Å². The molecule has 2 rings (SSSR count). The Morgan fingerprint density at radius 2 is 2.04 bits per heavy atom. The topological polar surface area (TPSA) is 172 Å². The van der Waals surface area contributed by atoms with E-state index in [1.807, 2.05) is 0 Å². The fourth-order valence-corrected chi connectivity index (χ4v) is 2.84. The van der Waals surface area contributed by atoms with Crippen molar-refractivity contribution in [2.45, 2.75) is 26.8 Å². The number of anilines is 1. The van der Waals surface area contributed by atoms with Crippen LogP contribution in [0.1, 0.15) is 18.3 Å². The number of rotatable bonds is 8. The number of carbonyl (C=O) groups excluding carboxylic acids is 2. The van der Waals surface area contributed by atoms with Crippen LogP contribution in [-0.4, -0.2) is 43.1 Å². The number of nitro groups is 2. The van der Waals surface area contributed by atoms with Gasteiger partial charge in [-0.2, -0.15) is 4.68 Å². The Labute approximate surface area is 155 Å². The highest BCUT2D eigenvalue weighted by Crippen LogP contribution is 2.29. The van der Waals surface area contributed by atoms with Crippen molar-refractivity contribution in [1.29, 1.82) is 0 Å². The summed E-state index contributed by atoms with van der Waals surface area (Å²) >= 11 is 1.07. The van der Waals surface area contributed by atoms with Crippen molar-refractivity contribution in [2.75, 3.05) is 11.9 Å². The van der Waals surface area contributed by atoms with Crippen LogP contribution in [-0.2, 0) is 27.3 Å². The number of thiazole rings is 1. The first kappa shape index (κ1) is 19.9. The van der Waals surface area contributed by atoms with Gasteiger partial charge in [-0.3, -0.25) is 19.7 Å². The van der Waals surface area contributed by atoms with Crippen LogP contribution in [0.4, 0.5) is 16.6 Å². The third kappa shape index (κ3) is 4.81. The highest BCUT2D eigenvalue weighted by atomic mass is 32.1. The van der Waals surface area contributed by atoms with E-state index in [4.69, 9.17) is 4.74 Å². The summed E-state index contributed by atoms with van der Waals surface area (Å²) in [5.74, 6) is -2.02. The van der Waals surface area contributed by atoms with Gasteiger partial charge in [-0.15, -0.1) is 11.3 Å². The first-order valence-corrected chi connectivity index (χ1v) is 8.37. The smallest absolute Gasteiger partial charge is 0.466 e. The summed E-state index contributed by atoms with van der Waals surface area (Å²) in [5, 5.41) is 29.6. The number of nitrogens with one attached hydrogen (secondary N) is 1. The highest BCUT2D eigenvalue weighted by Gasteiger charge is 2.35. The first-order valence-electron chi connectivity index (χ1n) is 7.49. The molecule has 0 saturated heterocycles. The van der Waals surface area contributed by atoms with Gasteiger partial charge in [0.1, 0.15) is 12.2 Å². The fourth-order valence-electron chi connectivity index (χ4n) is 2.11. The number of amides is 1. The standard InChI is InChI=1S/C13H14N6O7S/c1-3-26-10(21)4-8-6-27-13(14-8)15-9(20)5-17-7(2)11(18(22)23)12(16-17)19(24)25/h6H,3-5H2,1-2H3,(H,14,15,20). The van der Waals surface area contributed by atoms with Gasteiger partial charge in [-0.05, 0) is 18.8 Å². The average molecular weight is 398 g/mol. The van der Waals surface area contributed by atoms with Gasteiger partial charge in [0, 0.05) is 5.38 Å². The van der Waals surface area contributed by atoms with Crippen molar-refractivity contribution < 1.29 is 24.2 Å². The summed E-state index contributed by atoms with van der Waals surface area (Å²) in [6.07, 6.45) is -0.0448. The zero-order chi connectivity index (χ0) is 20.1. The summed E-state index contributed by atoms with van der Waals surface area (Å²) in [7, 11) is 0. The highest BCUT2D eigenvalue weighted by molar-refractivity contribution is 7.13. The third-order valence-corrected chi connectivity index (χ3v) is 4.04. The maximum absolute atomic E-state index is 12.1. The van der Waals surface area contributed by atoms with E-state index in [0.29, 0.717) is 5.69 Å². The molecule has 2 heterocycles. The summed E-state index contributed by atoms with van der Waals surface area (Å²) < 4.78 is 5.67. The normalized spacial score (nSPS) is 10.4. The van der Waals surface area contributed by atoms with E-state index in [1.165, 1.54) is 6.92 Å². The molecule has 144 valence electrons. The number of hydrogen-bond acceptors (Lipinski definition) is 10. The second kappa shape index (κ2) is 8.31. The number of ether oxygens (including phenoxy) is 1. The molecule has 0 aliphatic rings. The molecule has 13 nitrogen and oxygen atoms in total. The molecule has 2 aromatic rings. The summed E-state index contributed by atoms with van der Waals surface area (Å²) in [5.41, 5.74) is -0.474. The minimum Gasteiger partial charge on any atom is -0.466 e. The number of hydrogen-bond donors (Lipinski definition) is 1. The fraction of sp³-hybridized carbons (Fsp3) is 0.385. The zero-order valence-corrected chi connectivity index (χ0v) is 15.0. The van der Waals surface area contributed by atoms with Gasteiger partial charge >= 0.3 is 17.5 Å². The van der Waals surface area contributed by atoms with Crippen molar-refractivity contribution in [3.8, 4) is 0 Å². The van der Waals surface area contributed by atoms with E-state index in [1.54, 1.807) is 12.3 Å². The van der Waals surface area contributed by atoms with E-state index >= 15 is 0 Å². The number of esters is 1. The molecule has 0 spiro atoms. The van der Waals surface area contributed by atoms with Gasteiger partial charge in [0.2, 0.25) is 5.91 Å². The molecule has 14 heteroatoms. The Hall–Kier alpha value is -3.42. The van der Waals surface area contributed by atoms with Crippen LogP contribution in [0, 0.1) is 27.2 Å². The second-order valence-corrected chi connectivity index (χ2v) is 5.96.